The summed E-state index contributed by atoms with van der Waals surface area (Å²) in [5.41, 5.74) is 2.62. The van der Waals surface area contributed by atoms with E-state index in [1.807, 2.05) is 18.2 Å². The van der Waals surface area contributed by atoms with E-state index in [1.54, 1.807) is 24.3 Å². The number of hydrogen-bond donors (Lipinski definition) is 1. The smallest absolute Gasteiger partial charge is 0.224 e. The normalized spacial score (nSPS) is 10.0. The molecule has 0 saturated carbocycles. The highest BCUT2D eigenvalue weighted by atomic mass is 35.5. The van der Waals surface area contributed by atoms with Crippen molar-refractivity contribution in [2.75, 3.05) is 5.32 Å². The maximum atomic E-state index is 11.9. The molecule has 0 aromatic heterocycles. The van der Waals surface area contributed by atoms with Crippen LogP contribution in [0.1, 0.15) is 17.5 Å². The molecular formula is C17H14Cl2N2O. The van der Waals surface area contributed by atoms with E-state index in [0.717, 1.165) is 16.8 Å². The Bertz CT molecular complexity index is 706. The van der Waals surface area contributed by atoms with Crippen LogP contribution in [0.5, 0.6) is 0 Å². The van der Waals surface area contributed by atoms with Crippen molar-refractivity contribution in [1.29, 1.82) is 5.26 Å². The van der Waals surface area contributed by atoms with Crippen LogP contribution in [-0.4, -0.2) is 5.91 Å². The highest BCUT2D eigenvalue weighted by Crippen LogP contribution is 2.23. The summed E-state index contributed by atoms with van der Waals surface area (Å²) in [6.07, 6.45) is 1.32. The molecule has 0 aliphatic carbocycles. The molecule has 0 bridgehead atoms. The maximum Gasteiger partial charge on any atom is 0.224 e. The number of anilines is 1. The van der Waals surface area contributed by atoms with E-state index in [1.165, 1.54) is 0 Å². The van der Waals surface area contributed by atoms with E-state index < -0.39 is 0 Å². The largest absolute Gasteiger partial charge is 0.326 e. The molecule has 0 saturated heterocycles. The topological polar surface area (TPSA) is 52.9 Å². The first kappa shape index (κ1) is 16.4. The molecule has 1 N–H and O–H groups in total. The zero-order valence-electron chi connectivity index (χ0n) is 11.8. The summed E-state index contributed by atoms with van der Waals surface area (Å²) in [7, 11) is 0. The monoisotopic (exact) mass is 332 g/mol. The number of carbonyl (C=O) groups excluding carboxylic acids is 1. The molecule has 0 radical (unpaired) electrons. The number of hydrogen-bond acceptors (Lipinski definition) is 2. The summed E-state index contributed by atoms with van der Waals surface area (Å²) in [6.45, 7) is 0. The number of halogens is 2. The third-order valence-electron chi connectivity index (χ3n) is 3.15. The summed E-state index contributed by atoms with van der Waals surface area (Å²) in [6, 6.07) is 14.7. The van der Waals surface area contributed by atoms with Gasteiger partial charge in [0.2, 0.25) is 5.91 Å². The predicted molar refractivity (Wildman–Crippen MR) is 89.2 cm³/mol. The average Bonchev–Trinajstić information content (AvgIpc) is 2.51. The molecule has 1 amide bonds. The van der Waals surface area contributed by atoms with Gasteiger partial charge in [0.05, 0.1) is 22.5 Å². The first-order valence-electron chi connectivity index (χ1n) is 6.78. The molecule has 5 heteroatoms. The highest BCUT2D eigenvalue weighted by molar-refractivity contribution is 6.42. The molecule has 22 heavy (non-hydrogen) atoms. The number of nitriles is 1. The first-order chi connectivity index (χ1) is 10.6. The van der Waals surface area contributed by atoms with Gasteiger partial charge in [-0.2, -0.15) is 5.26 Å². The molecule has 0 fully saturated rings. The van der Waals surface area contributed by atoms with Crippen molar-refractivity contribution in [2.24, 2.45) is 0 Å². The number of nitrogens with one attached hydrogen (secondary N) is 1. The van der Waals surface area contributed by atoms with Gasteiger partial charge in [-0.1, -0.05) is 41.4 Å². The van der Waals surface area contributed by atoms with E-state index in [4.69, 9.17) is 28.5 Å². The van der Waals surface area contributed by atoms with E-state index in [2.05, 4.69) is 11.4 Å². The Morgan fingerprint density at radius 3 is 2.36 bits per heavy atom. The van der Waals surface area contributed by atoms with Gasteiger partial charge in [0.25, 0.3) is 0 Å². The Morgan fingerprint density at radius 2 is 1.73 bits per heavy atom. The van der Waals surface area contributed by atoms with Crippen LogP contribution in [0.15, 0.2) is 42.5 Å². The minimum Gasteiger partial charge on any atom is -0.326 e. The van der Waals surface area contributed by atoms with Crippen molar-refractivity contribution in [3.05, 3.63) is 63.6 Å². The second kappa shape index (κ2) is 7.84. The van der Waals surface area contributed by atoms with Gasteiger partial charge < -0.3 is 5.32 Å². The van der Waals surface area contributed by atoms with Gasteiger partial charge in [0, 0.05) is 12.1 Å². The summed E-state index contributed by atoms with van der Waals surface area (Å²) in [5, 5.41) is 12.4. The summed E-state index contributed by atoms with van der Waals surface area (Å²) in [5.74, 6) is -0.0703. The minimum absolute atomic E-state index is 0.0703. The molecule has 0 spiro atoms. The van der Waals surface area contributed by atoms with Crippen LogP contribution in [0.25, 0.3) is 0 Å². The van der Waals surface area contributed by atoms with Gasteiger partial charge in [-0.05, 0) is 41.8 Å². The predicted octanol–water partition coefficient (Wildman–Crippen LogP) is 4.63. The molecule has 3 nitrogen and oxygen atoms in total. The maximum absolute atomic E-state index is 11.9. The first-order valence-corrected chi connectivity index (χ1v) is 7.54. The second-order valence-electron chi connectivity index (χ2n) is 4.83. The van der Waals surface area contributed by atoms with Crippen molar-refractivity contribution < 1.29 is 4.79 Å². The fourth-order valence-corrected chi connectivity index (χ4v) is 2.29. The van der Waals surface area contributed by atoms with Crippen molar-refractivity contribution in [3.8, 4) is 6.07 Å². The molecule has 0 unspecified atom stereocenters. The van der Waals surface area contributed by atoms with Gasteiger partial charge in [-0.15, -0.1) is 0 Å². The minimum atomic E-state index is -0.0703. The van der Waals surface area contributed by atoms with Crippen LogP contribution >= 0.6 is 23.2 Å². The van der Waals surface area contributed by atoms with Crippen molar-refractivity contribution in [1.82, 2.24) is 0 Å². The van der Waals surface area contributed by atoms with Crippen LogP contribution in [0.2, 0.25) is 10.0 Å². The third-order valence-corrected chi connectivity index (χ3v) is 3.88. The molecule has 0 aliphatic rings. The van der Waals surface area contributed by atoms with Crippen LogP contribution in [0.3, 0.4) is 0 Å². The number of rotatable bonds is 5. The fourth-order valence-electron chi connectivity index (χ4n) is 1.97. The quantitative estimate of drug-likeness (QED) is 0.867. The molecule has 112 valence electrons. The Balaban J connectivity index is 1.87. The van der Waals surface area contributed by atoms with Gasteiger partial charge in [-0.25, -0.2) is 0 Å². The van der Waals surface area contributed by atoms with Gasteiger partial charge in [-0.3, -0.25) is 4.79 Å². The molecule has 2 aromatic rings. The summed E-state index contributed by atoms with van der Waals surface area (Å²) in [4.78, 5) is 11.9. The lowest BCUT2D eigenvalue weighted by Gasteiger charge is -2.06. The Morgan fingerprint density at radius 1 is 1.05 bits per heavy atom. The number of benzene rings is 2. The third kappa shape index (κ3) is 4.77. The Kier molecular flexibility index (Phi) is 5.83. The number of nitrogens with zero attached hydrogens (tertiary/aromatic N) is 1. The van der Waals surface area contributed by atoms with E-state index in [9.17, 15) is 4.79 Å². The Labute approximate surface area is 139 Å². The van der Waals surface area contributed by atoms with Gasteiger partial charge in [0.15, 0.2) is 0 Å². The molecule has 0 aliphatic heterocycles. The van der Waals surface area contributed by atoms with Crippen molar-refractivity contribution >= 4 is 34.8 Å². The van der Waals surface area contributed by atoms with Crippen LogP contribution in [-0.2, 0) is 17.6 Å². The van der Waals surface area contributed by atoms with Crippen molar-refractivity contribution in [3.63, 3.8) is 0 Å². The molecule has 0 heterocycles. The van der Waals surface area contributed by atoms with E-state index in [-0.39, 0.29) is 5.91 Å². The van der Waals surface area contributed by atoms with E-state index >= 15 is 0 Å². The zero-order valence-corrected chi connectivity index (χ0v) is 13.3. The fraction of sp³-hybridized carbons (Fsp3) is 0.176. The molecule has 0 atom stereocenters. The standard InChI is InChI=1S/C17H14Cl2N2O/c18-15-7-3-13(11-16(15)19)4-8-17(22)21-14-5-1-12(2-6-14)9-10-20/h1-3,5-7,11H,4,8-9H2,(H,21,22). The number of carbonyl (C=O) groups is 1. The van der Waals surface area contributed by atoms with E-state index in [0.29, 0.717) is 29.3 Å². The van der Waals surface area contributed by atoms with Crippen LogP contribution in [0.4, 0.5) is 5.69 Å². The molecule has 2 rings (SSSR count). The number of aryl methyl sites for hydroxylation is 1. The second-order valence-corrected chi connectivity index (χ2v) is 5.64. The molecular weight excluding hydrogens is 319 g/mol. The zero-order chi connectivity index (χ0) is 15.9. The number of amides is 1. The lowest BCUT2D eigenvalue weighted by atomic mass is 10.1. The SMILES string of the molecule is N#CCc1ccc(NC(=O)CCc2ccc(Cl)c(Cl)c2)cc1. The summed E-state index contributed by atoms with van der Waals surface area (Å²) >= 11 is 11.8. The van der Waals surface area contributed by atoms with Gasteiger partial charge >= 0.3 is 0 Å². The Hall–Kier alpha value is -2.02. The molecule has 2 aromatic carbocycles. The lowest BCUT2D eigenvalue weighted by molar-refractivity contribution is -0.116. The van der Waals surface area contributed by atoms with Crippen molar-refractivity contribution in [2.45, 2.75) is 19.3 Å². The van der Waals surface area contributed by atoms with Crippen LogP contribution in [0, 0.1) is 11.3 Å². The van der Waals surface area contributed by atoms with Crippen LogP contribution < -0.4 is 5.32 Å². The highest BCUT2D eigenvalue weighted by Gasteiger charge is 2.05. The lowest BCUT2D eigenvalue weighted by Crippen LogP contribution is -2.12. The van der Waals surface area contributed by atoms with Gasteiger partial charge in [0.1, 0.15) is 0 Å². The average molecular weight is 333 g/mol. The summed E-state index contributed by atoms with van der Waals surface area (Å²) < 4.78 is 0.